The molecule has 1 aromatic carbocycles. The van der Waals surface area contributed by atoms with Crippen molar-refractivity contribution in [3.8, 4) is 0 Å². The first-order chi connectivity index (χ1) is 7.94. The normalized spacial score (nSPS) is 15.5. The number of nitrogens with one attached hydrogen (secondary N) is 1. The fourth-order valence-electron chi connectivity index (χ4n) is 1.58. The standard InChI is InChI=1S/C12H19NO3S/c1-3-17(15,16)13-10(2)9-12(14)11-7-5-4-6-8-11/h4-8,10,12-14H,3,9H2,1-2H3/t10-,12-/m1/s1. The molecule has 0 saturated heterocycles. The zero-order valence-electron chi connectivity index (χ0n) is 10.1. The quantitative estimate of drug-likeness (QED) is 0.810. The number of aliphatic hydroxyl groups is 1. The van der Waals surface area contributed by atoms with Crippen molar-refractivity contribution < 1.29 is 13.5 Å². The summed E-state index contributed by atoms with van der Waals surface area (Å²) in [6.07, 6.45) is -0.283. The van der Waals surface area contributed by atoms with E-state index in [-0.39, 0.29) is 11.8 Å². The van der Waals surface area contributed by atoms with Gasteiger partial charge < -0.3 is 5.11 Å². The number of hydrogen-bond acceptors (Lipinski definition) is 3. The van der Waals surface area contributed by atoms with Gasteiger partial charge in [0.25, 0.3) is 0 Å². The minimum atomic E-state index is -3.21. The Labute approximate surface area is 103 Å². The lowest BCUT2D eigenvalue weighted by Gasteiger charge is -2.17. The van der Waals surface area contributed by atoms with Crippen LogP contribution in [0, 0.1) is 0 Å². The van der Waals surface area contributed by atoms with Crippen molar-refractivity contribution in [1.29, 1.82) is 0 Å². The second-order valence-electron chi connectivity index (χ2n) is 4.08. The average Bonchev–Trinajstić information content (AvgIpc) is 2.29. The van der Waals surface area contributed by atoms with Crippen molar-refractivity contribution in [3.05, 3.63) is 35.9 Å². The molecule has 17 heavy (non-hydrogen) atoms. The summed E-state index contributed by atoms with van der Waals surface area (Å²) in [4.78, 5) is 0. The van der Waals surface area contributed by atoms with Crippen molar-refractivity contribution in [2.45, 2.75) is 32.4 Å². The first-order valence-electron chi connectivity index (χ1n) is 5.67. The van der Waals surface area contributed by atoms with E-state index in [2.05, 4.69) is 4.72 Å². The van der Waals surface area contributed by atoms with Gasteiger partial charge in [0.1, 0.15) is 0 Å². The highest BCUT2D eigenvalue weighted by atomic mass is 32.2. The number of rotatable bonds is 6. The molecule has 1 rings (SSSR count). The molecule has 0 fully saturated rings. The topological polar surface area (TPSA) is 66.4 Å². The first-order valence-corrected chi connectivity index (χ1v) is 7.33. The summed E-state index contributed by atoms with van der Waals surface area (Å²) in [7, 11) is -3.21. The summed E-state index contributed by atoms with van der Waals surface area (Å²) in [6.45, 7) is 3.34. The molecule has 96 valence electrons. The Morgan fingerprint density at radius 1 is 1.29 bits per heavy atom. The fraction of sp³-hybridized carbons (Fsp3) is 0.500. The Morgan fingerprint density at radius 3 is 2.41 bits per heavy atom. The largest absolute Gasteiger partial charge is 0.388 e. The van der Waals surface area contributed by atoms with Crippen LogP contribution in [0.1, 0.15) is 31.9 Å². The molecule has 0 unspecified atom stereocenters. The van der Waals surface area contributed by atoms with E-state index in [1.807, 2.05) is 30.3 Å². The summed E-state index contributed by atoms with van der Waals surface area (Å²) in [5.74, 6) is 0.0543. The van der Waals surface area contributed by atoms with Gasteiger partial charge in [-0.15, -0.1) is 0 Å². The molecule has 0 radical (unpaired) electrons. The second kappa shape index (κ2) is 6.14. The number of sulfonamides is 1. The molecule has 0 saturated carbocycles. The van der Waals surface area contributed by atoms with Crippen molar-refractivity contribution in [2.75, 3.05) is 5.75 Å². The predicted octanol–water partition coefficient (Wildman–Crippen LogP) is 1.44. The van der Waals surface area contributed by atoms with E-state index in [1.54, 1.807) is 13.8 Å². The van der Waals surface area contributed by atoms with Crippen molar-refractivity contribution >= 4 is 10.0 Å². The van der Waals surface area contributed by atoms with Crippen LogP contribution in [-0.2, 0) is 10.0 Å². The third-order valence-corrected chi connectivity index (χ3v) is 4.04. The van der Waals surface area contributed by atoms with Crippen molar-refractivity contribution in [2.24, 2.45) is 0 Å². The van der Waals surface area contributed by atoms with Gasteiger partial charge >= 0.3 is 0 Å². The third kappa shape index (κ3) is 4.85. The van der Waals surface area contributed by atoms with Gasteiger partial charge in [-0.25, -0.2) is 13.1 Å². The van der Waals surface area contributed by atoms with E-state index < -0.39 is 16.1 Å². The number of benzene rings is 1. The van der Waals surface area contributed by atoms with Crippen molar-refractivity contribution in [1.82, 2.24) is 4.72 Å². The molecule has 0 heterocycles. The molecular weight excluding hydrogens is 238 g/mol. The molecule has 0 spiro atoms. The highest BCUT2D eigenvalue weighted by Gasteiger charge is 2.16. The highest BCUT2D eigenvalue weighted by molar-refractivity contribution is 7.89. The van der Waals surface area contributed by atoms with E-state index in [1.165, 1.54) is 0 Å². The van der Waals surface area contributed by atoms with Crippen molar-refractivity contribution in [3.63, 3.8) is 0 Å². The van der Waals surface area contributed by atoms with E-state index in [0.29, 0.717) is 6.42 Å². The summed E-state index contributed by atoms with van der Waals surface area (Å²) in [6, 6.07) is 8.94. The van der Waals surface area contributed by atoms with Gasteiger partial charge in [0.15, 0.2) is 0 Å². The van der Waals surface area contributed by atoms with Crippen LogP contribution < -0.4 is 4.72 Å². The van der Waals surface area contributed by atoms with E-state index in [0.717, 1.165) is 5.56 Å². The smallest absolute Gasteiger partial charge is 0.211 e. The molecule has 0 amide bonds. The molecule has 0 aliphatic carbocycles. The second-order valence-corrected chi connectivity index (χ2v) is 6.13. The van der Waals surface area contributed by atoms with E-state index >= 15 is 0 Å². The molecular formula is C12H19NO3S. The van der Waals surface area contributed by atoms with Crippen LogP contribution in [0.25, 0.3) is 0 Å². The summed E-state index contributed by atoms with van der Waals surface area (Å²) in [5.41, 5.74) is 0.801. The average molecular weight is 257 g/mol. The molecule has 0 bridgehead atoms. The Morgan fingerprint density at radius 2 is 1.88 bits per heavy atom. The minimum Gasteiger partial charge on any atom is -0.388 e. The molecule has 0 aliphatic rings. The lowest BCUT2D eigenvalue weighted by molar-refractivity contribution is 0.158. The van der Waals surface area contributed by atoms with Crippen LogP contribution >= 0.6 is 0 Å². The van der Waals surface area contributed by atoms with Crippen LogP contribution in [0.15, 0.2) is 30.3 Å². The van der Waals surface area contributed by atoms with Gasteiger partial charge in [0.05, 0.1) is 11.9 Å². The predicted molar refractivity (Wildman–Crippen MR) is 68.1 cm³/mol. The maximum Gasteiger partial charge on any atom is 0.211 e. The van der Waals surface area contributed by atoms with E-state index in [9.17, 15) is 13.5 Å². The van der Waals surface area contributed by atoms with Gasteiger partial charge in [0, 0.05) is 6.04 Å². The zero-order valence-corrected chi connectivity index (χ0v) is 10.9. The number of hydrogen-bond donors (Lipinski definition) is 2. The van der Waals surface area contributed by atoms with Gasteiger partial charge in [-0.3, -0.25) is 0 Å². The SMILES string of the molecule is CCS(=O)(=O)N[C@H](C)C[C@@H](O)c1ccccc1. The maximum absolute atomic E-state index is 11.3. The maximum atomic E-state index is 11.3. The third-order valence-electron chi connectivity index (χ3n) is 2.52. The lowest BCUT2D eigenvalue weighted by atomic mass is 10.0. The molecule has 1 aromatic rings. The molecule has 2 N–H and O–H groups in total. The monoisotopic (exact) mass is 257 g/mol. The molecule has 4 nitrogen and oxygen atoms in total. The summed E-state index contributed by atoms with van der Waals surface area (Å²) < 4.78 is 25.2. The van der Waals surface area contributed by atoms with Crippen LogP contribution in [0.4, 0.5) is 0 Å². The molecule has 2 atom stereocenters. The van der Waals surface area contributed by atoms with Gasteiger partial charge in [0.2, 0.25) is 10.0 Å². The Hall–Kier alpha value is -0.910. The minimum absolute atomic E-state index is 0.0543. The summed E-state index contributed by atoms with van der Waals surface area (Å²) in [5, 5.41) is 9.93. The molecule has 0 aliphatic heterocycles. The molecule has 5 heteroatoms. The van der Waals surface area contributed by atoms with Crippen LogP contribution in [0.2, 0.25) is 0 Å². The Balaban J connectivity index is 2.55. The van der Waals surface area contributed by atoms with Crippen LogP contribution in [0.5, 0.6) is 0 Å². The van der Waals surface area contributed by atoms with Gasteiger partial charge in [-0.2, -0.15) is 0 Å². The Bertz CT molecular complexity index is 430. The molecule has 0 aromatic heterocycles. The van der Waals surface area contributed by atoms with Gasteiger partial charge in [-0.1, -0.05) is 30.3 Å². The Kier molecular flexibility index (Phi) is 5.11. The van der Waals surface area contributed by atoms with Crippen LogP contribution in [0.3, 0.4) is 0 Å². The van der Waals surface area contributed by atoms with Crippen LogP contribution in [-0.4, -0.2) is 25.3 Å². The number of aliphatic hydroxyl groups excluding tert-OH is 1. The highest BCUT2D eigenvalue weighted by Crippen LogP contribution is 2.17. The lowest BCUT2D eigenvalue weighted by Crippen LogP contribution is -2.34. The van der Waals surface area contributed by atoms with E-state index in [4.69, 9.17) is 0 Å². The fourth-order valence-corrected chi connectivity index (χ4v) is 2.46. The van der Waals surface area contributed by atoms with Gasteiger partial charge in [-0.05, 0) is 25.8 Å². The first kappa shape index (κ1) is 14.2. The zero-order chi connectivity index (χ0) is 12.9. The summed E-state index contributed by atoms with van der Waals surface area (Å²) >= 11 is 0.